The Morgan fingerprint density at radius 1 is 1.00 bits per heavy atom. The monoisotopic (exact) mass is 271 g/mol. The first kappa shape index (κ1) is 14.4. The van der Waals surface area contributed by atoms with E-state index in [9.17, 15) is 0 Å². The molecule has 0 aliphatic heterocycles. The highest BCUT2D eigenvalue weighted by Gasteiger charge is 2.06. The SMILES string of the molecule is COc1ccc(CN)cc1COc1ccc(C)c(C)c1. The molecule has 0 aliphatic rings. The van der Waals surface area contributed by atoms with Crippen molar-refractivity contribution < 1.29 is 9.47 Å². The summed E-state index contributed by atoms with van der Waals surface area (Å²) in [6, 6.07) is 12.0. The summed E-state index contributed by atoms with van der Waals surface area (Å²) in [5.41, 5.74) is 10.2. The zero-order valence-corrected chi connectivity index (χ0v) is 12.3. The van der Waals surface area contributed by atoms with Gasteiger partial charge in [-0.3, -0.25) is 0 Å². The van der Waals surface area contributed by atoms with Gasteiger partial charge in [0.2, 0.25) is 0 Å². The molecular weight excluding hydrogens is 250 g/mol. The molecule has 0 saturated carbocycles. The summed E-state index contributed by atoms with van der Waals surface area (Å²) in [4.78, 5) is 0. The van der Waals surface area contributed by atoms with Crippen LogP contribution in [0.4, 0.5) is 0 Å². The Hall–Kier alpha value is -2.00. The van der Waals surface area contributed by atoms with Crippen LogP contribution in [0, 0.1) is 13.8 Å². The first-order chi connectivity index (χ1) is 9.63. The molecule has 3 heteroatoms. The molecule has 0 aliphatic carbocycles. The van der Waals surface area contributed by atoms with E-state index >= 15 is 0 Å². The maximum absolute atomic E-state index is 5.85. The third kappa shape index (κ3) is 3.31. The number of ether oxygens (including phenoxy) is 2. The molecule has 106 valence electrons. The summed E-state index contributed by atoms with van der Waals surface area (Å²) in [6.45, 7) is 5.16. The van der Waals surface area contributed by atoms with Crippen LogP contribution in [0.3, 0.4) is 0 Å². The molecule has 0 amide bonds. The van der Waals surface area contributed by atoms with E-state index in [1.165, 1.54) is 11.1 Å². The van der Waals surface area contributed by atoms with Crippen LogP contribution in [0.25, 0.3) is 0 Å². The fourth-order valence-corrected chi connectivity index (χ4v) is 2.04. The van der Waals surface area contributed by atoms with Crippen LogP contribution < -0.4 is 15.2 Å². The van der Waals surface area contributed by atoms with E-state index in [0.29, 0.717) is 13.2 Å². The van der Waals surface area contributed by atoms with Crippen LogP contribution in [0.2, 0.25) is 0 Å². The van der Waals surface area contributed by atoms with Gasteiger partial charge in [0, 0.05) is 12.1 Å². The van der Waals surface area contributed by atoms with E-state index in [2.05, 4.69) is 26.0 Å². The zero-order valence-electron chi connectivity index (χ0n) is 12.3. The van der Waals surface area contributed by atoms with Crippen molar-refractivity contribution in [3.05, 3.63) is 58.7 Å². The molecule has 0 radical (unpaired) electrons. The first-order valence-electron chi connectivity index (χ1n) is 6.70. The summed E-state index contributed by atoms with van der Waals surface area (Å²) >= 11 is 0. The van der Waals surface area contributed by atoms with Gasteiger partial charge >= 0.3 is 0 Å². The highest BCUT2D eigenvalue weighted by atomic mass is 16.5. The van der Waals surface area contributed by atoms with E-state index < -0.39 is 0 Å². The molecule has 0 heterocycles. The largest absolute Gasteiger partial charge is 0.496 e. The molecule has 0 fully saturated rings. The molecule has 0 atom stereocenters. The van der Waals surface area contributed by atoms with Crippen molar-refractivity contribution >= 4 is 0 Å². The van der Waals surface area contributed by atoms with Crippen LogP contribution >= 0.6 is 0 Å². The summed E-state index contributed by atoms with van der Waals surface area (Å²) in [5, 5.41) is 0. The number of hydrogen-bond acceptors (Lipinski definition) is 3. The highest BCUT2D eigenvalue weighted by Crippen LogP contribution is 2.23. The summed E-state index contributed by atoms with van der Waals surface area (Å²) in [5.74, 6) is 1.69. The maximum atomic E-state index is 5.85. The molecule has 2 aromatic rings. The Bertz CT molecular complexity index is 594. The Labute approximate surface area is 120 Å². The molecular formula is C17H21NO2. The number of methoxy groups -OCH3 is 1. The van der Waals surface area contributed by atoms with Crippen molar-refractivity contribution in [2.45, 2.75) is 27.0 Å². The van der Waals surface area contributed by atoms with Crippen molar-refractivity contribution in [3.63, 3.8) is 0 Å². The Morgan fingerprint density at radius 3 is 2.45 bits per heavy atom. The van der Waals surface area contributed by atoms with Gasteiger partial charge in [0.05, 0.1) is 7.11 Å². The Morgan fingerprint density at radius 2 is 1.80 bits per heavy atom. The van der Waals surface area contributed by atoms with E-state index in [1.807, 2.05) is 24.3 Å². The molecule has 20 heavy (non-hydrogen) atoms. The maximum Gasteiger partial charge on any atom is 0.125 e. The highest BCUT2D eigenvalue weighted by molar-refractivity contribution is 5.38. The predicted molar refractivity (Wildman–Crippen MR) is 81.1 cm³/mol. The zero-order chi connectivity index (χ0) is 14.5. The smallest absolute Gasteiger partial charge is 0.125 e. The van der Waals surface area contributed by atoms with E-state index in [1.54, 1.807) is 7.11 Å². The standard InChI is InChI=1S/C17H21NO2/c1-12-4-6-16(8-13(12)2)20-11-15-9-14(10-18)5-7-17(15)19-3/h4-9H,10-11,18H2,1-3H3. The van der Waals surface area contributed by atoms with E-state index in [-0.39, 0.29) is 0 Å². The minimum atomic E-state index is 0.472. The topological polar surface area (TPSA) is 44.5 Å². The van der Waals surface area contributed by atoms with Gasteiger partial charge in [-0.1, -0.05) is 12.1 Å². The molecule has 2 aromatic carbocycles. The lowest BCUT2D eigenvalue weighted by atomic mass is 10.1. The van der Waals surface area contributed by atoms with Gasteiger partial charge in [0.15, 0.2) is 0 Å². The normalized spacial score (nSPS) is 10.4. The van der Waals surface area contributed by atoms with Crippen molar-refractivity contribution in [2.24, 2.45) is 5.73 Å². The van der Waals surface area contributed by atoms with Gasteiger partial charge in [-0.25, -0.2) is 0 Å². The lowest BCUT2D eigenvalue weighted by Gasteiger charge is -2.12. The van der Waals surface area contributed by atoms with Crippen LogP contribution in [0.15, 0.2) is 36.4 Å². The molecule has 0 aromatic heterocycles. The minimum Gasteiger partial charge on any atom is -0.496 e. The minimum absolute atomic E-state index is 0.472. The molecule has 0 unspecified atom stereocenters. The van der Waals surface area contributed by atoms with Crippen molar-refractivity contribution in [2.75, 3.05) is 7.11 Å². The van der Waals surface area contributed by atoms with Crippen LogP contribution in [-0.2, 0) is 13.2 Å². The number of hydrogen-bond donors (Lipinski definition) is 1. The van der Waals surface area contributed by atoms with E-state index in [4.69, 9.17) is 15.2 Å². The van der Waals surface area contributed by atoms with Gasteiger partial charge < -0.3 is 15.2 Å². The fraction of sp³-hybridized carbons (Fsp3) is 0.294. The van der Waals surface area contributed by atoms with Crippen molar-refractivity contribution in [1.82, 2.24) is 0 Å². The quantitative estimate of drug-likeness (QED) is 0.907. The van der Waals surface area contributed by atoms with Crippen LogP contribution in [0.1, 0.15) is 22.3 Å². The molecule has 0 bridgehead atoms. The number of rotatable bonds is 5. The fourth-order valence-electron chi connectivity index (χ4n) is 2.04. The summed E-state index contributed by atoms with van der Waals surface area (Å²) in [7, 11) is 1.66. The predicted octanol–water partition coefficient (Wildman–Crippen LogP) is 3.35. The third-order valence-electron chi connectivity index (χ3n) is 3.45. The second-order valence-corrected chi connectivity index (χ2v) is 4.89. The van der Waals surface area contributed by atoms with Crippen LogP contribution in [0.5, 0.6) is 11.5 Å². The first-order valence-corrected chi connectivity index (χ1v) is 6.70. The second kappa shape index (κ2) is 6.44. The summed E-state index contributed by atoms with van der Waals surface area (Å²) < 4.78 is 11.2. The average Bonchev–Trinajstić information content (AvgIpc) is 2.48. The van der Waals surface area contributed by atoms with Gasteiger partial charge in [0.1, 0.15) is 18.1 Å². The second-order valence-electron chi connectivity index (χ2n) is 4.89. The van der Waals surface area contributed by atoms with Gasteiger partial charge in [0.25, 0.3) is 0 Å². The van der Waals surface area contributed by atoms with Crippen molar-refractivity contribution in [1.29, 1.82) is 0 Å². The van der Waals surface area contributed by atoms with Gasteiger partial charge in [-0.15, -0.1) is 0 Å². The Kier molecular flexibility index (Phi) is 4.64. The lowest BCUT2D eigenvalue weighted by molar-refractivity contribution is 0.296. The molecule has 2 N–H and O–H groups in total. The van der Waals surface area contributed by atoms with Crippen LogP contribution in [-0.4, -0.2) is 7.11 Å². The van der Waals surface area contributed by atoms with Gasteiger partial charge in [-0.2, -0.15) is 0 Å². The van der Waals surface area contributed by atoms with Crippen molar-refractivity contribution in [3.8, 4) is 11.5 Å². The average molecular weight is 271 g/mol. The molecule has 0 saturated heterocycles. The number of nitrogens with two attached hydrogens (primary N) is 1. The van der Waals surface area contributed by atoms with E-state index in [0.717, 1.165) is 22.6 Å². The molecule has 3 nitrogen and oxygen atoms in total. The van der Waals surface area contributed by atoms with Gasteiger partial charge in [-0.05, 0) is 54.8 Å². The number of benzene rings is 2. The summed E-state index contributed by atoms with van der Waals surface area (Å²) in [6.07, 6.45) is 0. The number of aryl methyl sites for hydroxylation is 2. The Balaban J connectivity index is 2.15. The third-order valence-corrected chi connectivity index (χ3v) is 3.45. The molecule has 0 spiro atoms. The molecule has 2 rings (SSSR count). The lowest BCUT2D eigenvalue weighted by Crippen LogP contribution is -2.02.